The summed E-state index contributed by atoms with van der Waals surface area (Å²) >= 11 is 0. The van der Waals surface area contributed by atoms with Crippen molar-refractivity contribution < 1.29 is 4.21 Å². The smallest absolute Gasteiger partial charge is 0.144 e. The fourth-order valence-corrected chi connectivity index (χ4v) is 1.34. The molecule has 0 fully saturated rings. The fourth-order valence-electron chi connectivity index (χ4n) is 0.806. The van der Waals surface area contributed by atoms with Gasteiger partial charge in [-0.1, -0.05) is 44.2 Å². The zero-order valence-corrected chi connectivity index (χ0v) is 11.5. The Hall–Kier alpha value is -0.960. The summed E-state index contributed by atoms with van der Waals surface area (Å²) in [6.07, 6.45) is 1.65. The molecule has 0 spiro atoms. The summed E-state index contributed by atoms with van der Waals surface area (Å²) in [5.74, 6) is 0. The quantitative estimate of drug-likeness (QED) is 0.725. The van der Waals surface area contributed by atoms with Crippen molar-refractivity contribution in [3.63, 3.8) is 0 Å². The summed E-state index contributed by atoms with van der Waals surface area (Å²) in [5.41, 5.74) is 0.977. The Kier molecular flexibility index (Phi) is 6.90. The maximum Gasteiger partial charge on any atom is 0.144 e. The molecule has 0 N–H and O–H groups in total. The first-order valence-electron chi connectivity index (χ1n) is 5.51. The summed E-state index contributed by atoms with van der Waals surface area (Å²) in [7, 11) is -1.17. The van der Waals surface area contributed by atoms with E-state index in [1.165, 1.54) is 0 Å². The molecular formula is C13H21NOS. The van der Waals surface area contributed by atoms with Gasteiger partial charge < -0.3 is 0 Å². The van der Waals surface area contributed by atoms with Crippen LogP contribution in [-0.2, 0) is 11.0 Å². The molecule has 0 aliphatic rings. The van der Waals surface area contributed by atoms with E-state index in [9.17, 15) is 4.21 Å². The predicted molar refractivity (Wildman–Crippen MR) is 73.3 cm³/mol. The van der Waals surface area contributed by atoms with Gasteiger partial charge in [-0.15, -0.1) is 0 Å². The summed E-state index contributed by atoms with van der Waals surface area (Å²) in [6.45, 7) is 9.72. The largest absolute Gasteiger partial charge is 0.234 e. The second kappa shape index (κ2) is 7.34. The van der Waals surface area contributed by atoms with Gasteiger partial charge in [0.05, 0.1) is 4.75 Å². The van der Waals surface area contributed by atoms with Crippen LogP contribution in [0.2, 0.25) is 0 Å². The van der Waals surface area contributed by atoms with Crippen molar-refractivity contribution in [2.24, 2.45) is 4.40 Å². The van der Waals surface area contributed by atoms with Gasteiger partial charge in [0.25, 0.3) is 0 Å². The molecule has 90 valence electrons. The highest BCUT2D eigenvalue weighted by Crippen LogP contribution is 2.11. The van der Waals surface area contributed by atoms with Gasteiger partial charge in [-0.3, -0.25) is 0 Å². The van der Waals surface area contributed by atoms with Gasteiger partial charge in [0, 0.05) is 6.21 Å². The SMILES string of the molecule is CC.CC(C)(C)[S@@](=O)N=Cc1ccccc1. The minimum Gasteiger partial charge on any atom is -0.234 e. The van der Waals surface area contributed by atoms with Crippen LogP contribution >= 0.6 is 0 Å². The van der Waals surface area contributed by atoms with Crippen LogP contribution < -0.4 is 0 Å². The normalized spacial score (nSPS) is 13.1. The van der Waals surface area contributed by atoms with Gasteiger partial charge >= 0.3 is 0 Å². The maximum absolute atomic E-state index is 11.6. The van der Waals surface area contributed by atoms with Crippen molar-refractivity contribution in [2.75, 3.05) is 0 Å². The zero-order valence-electron chi connectivity index (χ0n) is 10.7. The highest BCUT2D eigenvalue weighted by Gasteiger charge is 2.17. The summed E-state index contributed by atoms with van der Waals surface area (Å²) in [4.78, 5) is 0. The lowest BCUT2D eigenvalue weighted by Crippen LogP contribution is -2.19. The third kappa shape index (κ3) is 5.81. The molecule has 0 amide bonds. The molecule has 0 saturated carbocycles. The van der Waals surface area contributed by atoms with Crippen LogP contribution in [0.1, 0.15) is 40.2 Å². The molecule has 1 aromatic carbocycles. The molecule has 1 atom stereocenters. The van der Waals surface area contributed by atoms with Gasteiger partial charge in [0.2, 0.25) is 0 Å². The summed E-state index contributed by atoms with van der Waals surface area (Å²) < 4.78 is 15.3. The average molecular weight is 239 g/mol. The van der Waals surface area contributed by atoms with E-state index >= 15 is 0 Å². The van der Waals surface area contributed by atoms with E-state index in [-0.39, 0.29) is 4.75 Å². The van der Waals surface area contributed by atoms with E-state index in [1.807, 2.05) is 65.0 Å². The molecule has 16 heavy (non-hydrogen) atoms. The van der Waals surface area contributed by atoms with E-state index in [0.717, 1.165) is 5.56 Å². The van der Waals surface area contributed by atoms with Crippen molar-refractivity contribution in [3.05, 3.63) is 35.9 Å². The zero-order chi connectivity index (χ0) is 12.6. The molecule has 2 nitrogen and oxygen atoms in total. The Labute approximate surface area is 101 Å². The third-order valence-electron chi connectivity index (χ3n) is 1.62. The lowest BCUT2D eigenvalue weighted by Gasteiger charge is -2.12. The van der Waals surface area contributed by atoms with E-state index in [2.05, 4.69) is 4.40 Å². The molecular weight excluding hydrogens is 218 g/mol. The number of hydrogen-bond acceptors (Lipinski definition) is 1. The van der Waals surface area contributed by atoms with Gasteiger partial charge in [-0.2, -0.15) is 4.40 Å². The Morgan fingerprint density at radius 2 is 1.62 bits per heavy atom. The monoisotopic (exact) mass is 239 g/mol. The molecule has 3 heteroatoms. The van der Waals surface area contributed by atoms with Crippen molar-refractivity contribution in [3.8, 4) is 0 Å². The molecule has 1 rings (SSSR count). The van der Waals surface area contributed by atoms with Crippen LogP contribution in [0.3, 0.4) is 0 Å². The molecule has 0 bridgehead atoms. The molecule has 0 aromatic heterocycles. The Bertz CT molecular complexity index is 339. The second-order valence-electron chi connectivity index (χ2n) is 4.01. The maximum atomic E-state index is 11.6. The molecule has 0 unspecified atom stereocenters. The van der Waals surface area contributed by atoms with Gasteiger partial charge in [0.15, 0.2) is 0 Å². The number of rotatable bonds is 2. The van der Waals surface area contributed by atoms with Crippen LogP contribution in [0.25, 0.3) is 0 Å². The van der Waals surface area contributed by atoms with Crippen molar-refractivity contribution in [1.82, 2.24) is 0 Å². The third-order valence-corrected chi connectivity index (χ3v) is 2.97. The van der Waals surface area contributed by atoms with Crippen LogP contribution in [0.4, 0.5) is 0 Å². The number of hydrogen-bond donors (Lipinski definition) is 0. The van der Waals surface area contributed by atoms with Crippen molar-refractivity contribution in [2.45, 2.75) is 39.4 Å². The molecule has 0 aliphatic carbocycles. The van der Waals surface area contributed by atoms with Crippen LogP contribution in [0.5, 0.6) is 0 Å². The van der Waals surface area contributed by atoms with Gasteiger partial charge in [-0.25, -0.2) is 4.21 Å². The van der Waals surface area contributed by atoms with Crippen molar-refractivity contribution in [1.29, 1.82) is 0 Å². The highest BCUT2D eigenvalue weighted by atomic mass is 32.2. The van der Waals surface area contributed by atoms with Crippen LogP contribution in [0, 0.1) is 0 Å². The predicted octanol–water partition coefficient (Wildman–Crippen LogP) is 3.59. The second-order valence-corrected chi connectivity index (χ2v) is 5.94. The van der Waals surface area contributed by atoms with E-state index in [0.29, 0.717) is 0 Å². The first-order chi connectivity index (χ1) is 7.50. The van der Waals surface area contributed by atoms with E-state index in [1.54, 1.807) is 6.21 Å². The Morgan fingerprint density at radius 1 is 1.12 bits per heavy atom. The Balaban J connectivity index is 0.00000106. The summed E-state index contributed by atoms with van der Waals surface area (Å²) in [5, 5.41) is 0. The molecule has 0 heterocycles. The topological polar surface area (TPSA) is 29.4 Å². The molecule has 0 aliphatic heterocycles. The average Bonchev–Trinajstić information content (AvgIpc) is 2.28. The standard InChI is InChI=1S/C11H15NOS.C2H6/c1-11(2,3)14(13)12-9-10-7-5-4-6-8-10;1-2/h4-9H,1-3H3;1-2H3/t14-;/m1./s1. The van der Waals surface area contributed by atoms with Crippen molar-refractivity contribution >= 4 is 17.2 Å². The Morgan fingerprint density at radius 3 is 2.06 bits per heavy atom. The number of nitrogens with zero attached hydrogens (tertiary/aromatic N) is 1. The first-order valence-corrected chi connectivity index (χ1v) is 6.62. The van der Waals surface area contributed by atoms with Crippen LogP contribution in [0.15, 0.2) is 34.7 Å². The lowest BCUT2D eigenvalue weighted by molar-refractivity contribution is 0.651. The van der Waals surface area contributed by atoms with Gasteiger partial charge in [-0.05, 0) is 26.3 Å². The molecule has 1 aromatic rings. The number of benzene rings is 1. The van der Waals surface area contributed by atoms with Crippen LogP contribution in [-0.4, -0.2) is 15.2 Å². The first kappa shape index (κ1) is 15.0. The summed E-state index contributed by atoms with van der Waals surface area (Å²) in [6, 6.07) is 9.67. The molecule has 0 saturated heterocycles. The fraction of sp³-hybridized carbons (Fsp3) is 0.462. The highest BCUT2D eigenvalue weighted by molar-refractivity contribution is 7.85. The van der Waals surface area contributed by atoms with E-state index in [4.69, 9.17) is 0 Å². The molecule has 0 radical (unpaired) electrons. The van der Waals surface area contributed by atoms with E-state index < -0.39 is 11.0 Å². The lowest BCUT2D eigenvalue weighted by atomic mass is 10.2. The minimum atomic E-state index is -1.17. The minimum absolute atomic E-state index is 0.286. The van der Waals surface area contributed by atoms with Gasteiger partial charge in [0.1, 0.15) is 11.0 Å².